The molecule has 0 unspecified atom stereocenters. The van der Waals surface area contributed by atoms with Gasteiger partial charge in [0.15, 0.2) is 0 Å². The maximum absolute atomic E-state index is 13.3. The second-order valence-electron chi connectivity index (χ2n) is 10.6. The third kappa shape index (κ3) is 3.64. The Morgan fingerprint density at radius 3 is 2.76 bits per heavy atom. The fraction of sp³-hybridized carbons (Fsp3) is 0.640. The molecule has 3 fully saturated rings. The Labute approximate surface area is 192 Å². The molecule has 5 atom stereocenters. The molecule has 1 heterocycles. The van der Waals surface area contributed by atoms with Crippen LogP contribution in [0.3, 0.4) is 0 Å². The molecule has 0 spiro atoms. The number of carbonyl (C=O) groups is 3. The summed E-state index contributed by atoms with van der Waals surface area (Å²) in [5.74, 6) is -1.57. The largest absolute Gasteiger partial charge is 0.508 e. The van der Waals surface area contributed by atoms with Crippen LogP contribution in [-0.2, 0) is 32.6 Å². The quantitative estimate of drug-likeness (QED) is 0.434. The van der Waals surface area contributed by atoms with Gasteiger partial charge in [-0.3, -0.25) is 14.4 Å². The summed E-state index contributed by atoms with van der Waals surface area (Å²) in [7, 11) is 0. The van der Waals surface area contributed by atoms with Gasteiger partial charge in [-0.25, -0.2) is 0 Å². The van der Waals surface area contributed by atoms with Gasteiger partial charge in [-0.1, -0.05) is 0 Å². The summed E-state index contributed by atoms with van der Waals surface area (Å²) in [6.07, 6.45) is 4.64. The van der Waals surface area contributed by atoms with E-state index in [1.165, 1.54) is 19.8 Å². The van der Waals surface area contributed by atoms with Crippen molar-refractivity contribution in [2.24, 2.45) is 11.8 Å². The summed E-state index contributed by atoms with van der Waals surface area (Å²) in [5, 5.41) is 37.6. The number of phenols is 1. The van der Waals surface area contributed by atoms with Crippen LogP contribution in [0.25, 0.3) is 0 Å². The minimum atomic E-state index is -1.22. The fourth-order valence-electron chi connectivity index (χ4n) is 6.57. The normalized spacial score (nSPS) is 33.6. The molecule has 5 rings (SSSR count). The van der Waals surface area contributed by atoms with E-state index >= 15 is 0 Å². The molecule has 1 aromatic carbocycles. The molecule has 2 saturated carbocycles. The number of aliphatic hydroxyl groups is 1. The molecule has 8 nitrogen and oxygen atoms in total. The molecule has 0 aromatic heterocycles. The van der Waals surface area contributed by atoms with Crippen molar-refractivity contribution in [1.82, 2.24) is 10.6 Å². The van der Waals surface area contributed by atoms with Crippen molar-refractivity contribution < 1.29 is 29.7 Å². The lowest BCUT2D eigenvalue weighted by molar-refractivity contribution is -0.161. The van der Waals surface area contributed by atoms with Gasteiger partial charge in [0, 0.05) is 30.2 Å². The van der Waals surface area contributed by atoms with Crippen LogP contribution in [0.5, 0.6) is 5.75 Å². The lowest BCUT2D eigenvalue weighted by Crippen LogP contribution is -2.73. The van der Waals surface area contributed by atoms with Gasteiger partial charge < -0.3 is 26.0 Å². The highest BCUT2D eigenvalue weighted by Crippen LogP contribution is 2.58. The number of ketones is 1. The average molecular weight is 457 g/mol. The Morgan fingerprint density at radius 1 is 1.30 bits per heavy atom. The monoisotopic (exact) mass is 456 g/mol. The van der Waals surface area contributed by atoms with Crippen molar-refractivity contribution in [1.29, 1.82) is 0 Å². The van der Waals surface area contributed by atoms with Crippen molar-refractivity contribution in [3.8, 4) is 5.75 Å². The molecular weight excluding hydrogens is 424 g/mol. The van der Waals surface area contributed by atoms with Crippen molar-refractivity contribution in [2.75, 3.05) is 6.54 Å². The molecule has 2 bridgehead atoms. The maximum atomic E-state index is 13.3. The Balaban J connectivity index is 1.48. The maximum Gasteiger partial charge on any atom is 0.325 e. The van der Waals surface area contributed by atoms with Crippen LogP contribution in [-0.4, -0.2) is 57.2 Å². The first-order valence-corrected chi connectivity index (χ1v) is 12.0. The Kier molecular flexibility index (Phi) is 5.29. The van der Waals surface area contributed by atoms with Crippen molar-refractivity contribution in [2.45, 2.75) is 81.4 Å². The third-order valence-corrected chi connectivity index (χ3v) is 8.47. The van der Waals surface area contributed by atoms with E-state index in [4.69, 9.17) is 5.11 Å². The van der Waals surface area contributed by atoms with Gasteiger partial charge in [-0.15, -0.1) is 0 Å². The number of carboxylic acid groups (broad SMARTS) is 1. The highest BCUT2D eigenvalue weighted by Gasteiger charge is 2.65. The predicted molar refractivity (Wildman–Crippen MR) is 119 cm³/mol. The van der Waals surface area contributed by atoms with E-state index < -0.39 is 34.9 Å². The number of aromatic hydroxyl groups is 1. The van der Waals surface area contributed by atoms with Gasteiger partial charge in [0.2, 0.25) is 5.91 Å². The van der Waals surface area contributed by atoms with E-state index in [9.17, 15) is 24.6 Å². The van der Waals surface area contributed by atoms with Crippen molar-refractivity contribution in [3.05, 3.63) is 28.8 Å². The number of carboxylic acids is 1. The number of Topliss-reactive ketones (excluding diaryl/α,β-unsaturated/α-hetero) is 1. The number of aliphatic carboxylic acids is 1. The summed E-state index contributed by atoms with van der Waals surface area (Å²) in [6.45, 7) is 2.05. The first-order chi connectivity index (χ1) is 15.6. The number of hydrogen-bond donors (Lipinski definition) is 5. The number of piperidine rings is 1. The smallest absolute Gasteiger partial charge is 0.325 e. The summed E-state index contributed by atoms with van der Waals surface area (Å²) in [4.78, 5) is 36.8. The van der Waals surface area contributed by atoms with Crippen LogP contribution < -0.4 is 10.6 Å². The lowest BCUT2D eigenvalue weighted by atomic mass is 9.47. The van der Waals surface area contributed by atoms with Crippen LogP contribution in [0.1, 0.15) is 62.1 Å². The summed E-state index contributed by atoms with van der Waals surface area (Å²) in [5.41, 5.74) is 1.17. The molecule has 8 heteroatoms. The first kappa shape index (κ1) is 22.3. The van der Waals surface area contributed by atoms with E-state index in [-0.39, 0.29) is 36.8 Å². The molecule has 1 saturated heterocycles. The lowest BCUT2D eigenvalue weighted by Gasteiger charge is -2.62. The van der Waals surface area contributed by atoms with E-state index in [1.807, 2.05) is 6.07 Å². The van der Waals surface area contributed by atoms with Crippen LogP contribution in [0, 0.1) is 11.8 Å². The number of fused-ring (bicyclic) bond motifs is 1. The zero-order valence-electron chi connectivity index (χ0n) is 18.9. The van der Waals surface area contributed by atoms with Crippen molar-refractivity contribution >= 4 is 17.7 Å². The molecular formula is C25H32N2O6. The Bertz CT molecular complexity index is 1020. The molecule has 1 aliphatic heterocycles. The molecule has 1 amide bonds. The summed E-state index contributed by atoms with van der Waals surface area (Å²) < 4.78 is 0. The van der Waals surface area contributed by atoms with Gasteiger partial charge in [0.25, 0.3) is 0 Å². The SMILES string of the molecule is C[C@H](NC(=O)C[C@H]1C[C@@]2(O)[C@H]3Cc4c(CC5CC5)cc(O)cc4[C@@]2(CCN3)CC1=O)C(=O)O. The van der Waals surface area contributed by atoms with Gasteiger partial charge in [-0.2, -0.15) is 0 Å². The summed E-state index contributed by atoms with van der Waals surface area (Å²) >= 11 is 0. The fourth-order valence-corrected chi connectivity index (χ4v) is 6.57. The summed E-state index contributed by atoms with van der Waals surface area (Å²) in [6, 6.07) is 2.31. The second-order valence-corrected chi connectivity index (χ2v) is 10.6. The molecule has 5 N–H and O–H groups in total. The van der Waals surface area contributed by atoms with Crippen LogP contribution >= 0.6 is 0 Å². The van der Waals surface area contributed by atoms with Crippen LogP contribution in [0.2, 0.25) is 0 Å². The standard InChI is InChI=1S/C25H32N2O6/c1-13(23(31)32)27-22(30)8-16-11-25(33)21-10-18-15(6-14-2-3-14)7-17(28)9-19(18)24(25,4-5-26-21)12-20(16)29/h7,9,13-14,16,21,26,28,33H,2-6,8,10-12H2,1H3,(H,27,30)(H,31,32)/t13-,16-,21+,24+,25+/m0/s1. The first-order valence-electron chi connectivity index (χ1n) is 12.0. The number of amides is 1. The highest BCUT2D eigenvalue weighted by atomic mass is 16.4. The van der Waals surface area contributed by atoms with Gasteiger partial charge in [0.1, 0.15) is 17.6 Å². The molecule has 4 aliphatic rings. The zero-order chi connectivity index (χ0) is 23.5. The Hall–Kier alpha value is -2.45. The van der Waals surface area contributed by atoms with E-state index in [2.05, 4.69) is 10.6 Å². The van der Waals surface area contributed by atoms with Crippen LogP contribution in [0.15, 0.2) is 12.1 Å². The van der Waals surface area contributed by atoms with Crippen LogP contribution in [0.4, 0.5) is 0 Å². The van der Waals surface area contributed by atoms with Gasteiger partial charge >= 0.3 is 5.97 Å². The third-order valence-electron chi connectivity index (χ3n) is 8.47. The number of phenolic OH excluding ortho intramolecular Hbond substituents is 1. The van der Waals surface area contributed by atoms with Crippen molar-refractivity contribution in [3.63, 3.8) is 0 Å². The molecule has 0 radical (unpaired) electrons. The predicted octanol–water partition coefficient (Wildman–Crippen LogP) is 1.19. The molecule has 33 heavy (non-hydrogen) atoms. The minimum absolute atomic E-state index is 0.0848. The number of benzene rings is 1. The average Bonchev–Trinajstić information content (AvgIpc) is 3.53. The molecule has 178 valence electrons. The number of carbonyl (C=O) groups excluding carboxylic acids is 2. The molecule has 3 aliphatic carbocycles. The topological polar surface area (TPSA) is 136 Å². The molecule has 1 aromatic rings. The van der Waals surface area contributed by atoms with Gasteiger partial charge in [-0.05, 0) is 86.7 Å². The number of nitrogens with one attached hydrogen (secondary N) is 2. The highest BCUT2D eigenvalue weighted by molar-refractivity contribution is 5.91. The van der Waals surface area contributed by atoms with E-state index in [0.717, 1.165) is 23.1 Å². The minimum Gasteiger partial charge on any atom is -0.508 e. The van der Waals surface area contributed by atoms with E-state index in [1.54, 1.807) is 6.07 Å². The number of hydrogen-bond acceptors (Lipinski definition) is 6. The second kappa shape index (κ2) is 7.81. The Morgan fingerprint density at radius 2 is 2.06 bits per heavy atom. The zero-order valence-corrected chi connectivity index (χ0v) is 18.9. The number of rotatable bonds is 6. The van der Waals surface area contributed by atoms with E-state index in [0.29, 0.717) is 25.3 Å². The van der Waals surface area contributed by atoms with Gasteiger partial charge in [0.05, 0.1) is 5.60 Å².